The summed E-state index contributed by atoms with van der Waals surface area (Å²) in [5, 5.41) is 2.92. The summed E-state index contributed by atoms with van der Waals surface area (Å²) in [4.78, 5) is 20.4. The Labute approximate surface area is 145 Å². The fourth-order valence-corrected chi connectivity index (χ4v) is 2.74. The highest BCUT2D eigenvalue weighted by Crippen LogP contribution is 2.26. The maximum absolute atomic E-state index is 13.8. The number of nitrogens with one attached hydrogen (secondary N) is 1. The van der Waals surface area contributed by atoms with Crippen molar-refractivity contribution >= 4 is 11.8 Å². The number of halogens is 1. The van der Waals surface area contributed by atoms with E-state index >= 15 is 0 Å². The van der Waals surface area contributed by atoms with Crippen LogP contribution >= 0.6 is 0 Å². The van der Waals surface area contributed by atoms with Crippen LogP contribution in [0, 0.1) is 5.82 Å². The standard InChI is InChI=1S/C19H18FN3O2/c1-3-21-14-9-15(10-14)23-19(24)17-6-4-13(11-22-17)12-5-7-18(25-2)16(20)8-12/h4-8,11,14-15H,1,9-10H2,2H3,(H,23,24). The lowest BCUT2D eigenvalue weighted by Crippen LogP contribution is -2.46. The van der Waals surface area contributed by atoms with Crippen LogP contribution in [0.15, 0.2) is 48.1 Å². The molecule has 0 saturated heterocycles. The molecule has 1 aliphatic carbocycles. The van der Waals surface area contributed by atoms with E-state index in [9.17, 15) is 9.18 Å². The molecule has 1 aliphatic rings. The van der Waals surface area contributed by atoms with Gasteiger partial charge >= 0.3 is 0 Å². The molecular weight excluding hydrogens is 321 g/mol. The van der Waals surface area contributed by atoms with Gasteiger partial charge < -0.3 is 10.1 Å². The predicted octanol–water partition coefficient (Wildman–Crippen LogP) is 3.01. The number of ether oxygens (including phenoxy) is 1. The smallest absolute Gasteiger partial charge is 0.270 e. The third kappa shape index (κ3) is 3.75. The van der Waals surface area contributed by atoms with E-state index in [-0.39, 0.29) is 23.7 Å². The third-order valence-corrected chi connectivity index (χ3v) is 4.20. The number of nitrogens with zero attached hydrogens (tertiary/aromatic N) is 2. The molecule has 1 saturated carbocycles. The Morgan fingerprint density at radius 3 is 2.72 bits per heavy atom. The van der Waals surface area contributed by atoms with E-state index in [0.29, 0.717) is 11.3 Å². The molecule has 25 heavy (non-hydrogen) atoms. The van der Waals surface area contributed by atoms with E-state index in [0.717, 1.165) is 18.4 Å². The second-order valence-corrected chi connectivity index (χ2v) is 5.86. The van der Waals surface area contributed by atoms with Crippen molar-refractivity contribution in [2.75, 3.05) is 7.11 Å². The molecule has 3 rings (SSSR count). The minimum absolute atomic E-state index is 0.103. The summed E-state index contributed by atoms with van der Waals surface area (Å²) in [6, 6.07) is 8.36. The molecular formula is C19H18FN3O2. The first kappa shape index (κ1) is 16.9. The Morgan fingerprint density at radius 1 is 1.36 bits per heavy atom. The number of methoxy groups -OCH3 is 1. The second kappa shape index (κ2) is 7.28. The summed E-state index contributed by atoms with van der Waals surface area (Å²) < 4.78 is 18.7. The Bertz CT molecular complexity index is 823. The van der Waals surface area contributed by atoms with Gasteiger partial charge in [0.05, 0.1) is 13.2 Å². The first-order valence-electron chi connectivity index (χ1n) is 7.93. The molecule has 1 heterocycles. The summed E-state index contributed by atoms with van der Waals surface area (Å²) >= 11 is 0. The van der Waals surface area contributed by atoms with Gasteiger partial charge in [-0.3, -0.25) is 9.78 Å². The van der Waals surface area contributed by atoms with Gasteiger partial charge in [-0.1, -0.05) is 12.1 Å². The van der Waals surface area contributed by atoms with Crippen molar-refractivity contribution in [3.05, 3.63) is 54.6 Å². The first-order valence-corrected chi connectivity index (χ1v) is 7.93. The van der Waals surface area contributed by atoms with Gasteiger partial charge in [-0.2, -0.15) is 0 Å². The average molecular weight is 339 g/mol. The number of pyridine rings is 1. The fourth-order valence-electron chi connectivity index (χ4n) is 2.74. The van der Waals surface area contributed by atoms with Gasteiger partial charge in [0.25, 0.3) is 5.91 Å². The molecule has 1 amide bonds. The van der Waals surface area contributed by atoms with Gasteiger partial charge in [0.15, 0.2) is 11.6 Å². The molecule has 0 unspecified atom stereocenters. The lowest BCUT2D eigenvalue weighted by Gasteiger charge is -2.32. The molecule has 0 aliphatic heterocycles. The molecule has 128 valence electrons. The molecule has 0 atom stereocenters. The van der Waals surface area contributed by atoms with Crippen molar-refractivity contribution < 1.29 is 13.9 Å². The summed E-state index contributed by atoms with van der Waals surface area (Å²) in [6.45, 7) is 3.44. The van der Waals surface area contributed by atoms with Crippen LogP contribution in [0.5, 0.6) is 5.75 Å². The van der Waals surface area contributed by atoms with Crippen molar-refractivity contribution in [2.45, 2.75) is 24.9 Å². The van der Waals surface area contributed by atoms with Crippen LogP contribution in [0.1, 0.15) is 23.3 Å². The number of aliphatic imine (C=N–C) groups is 1. The predicted molar refractivity (Wildman–Crippen MR) is 93.5 cm³/mol. The first-order chi connectivity index (χ1) is 12.1. The van der Waals surface area contributed by atoms with E-state index in [1.54, 1.807) is 30.5 Å². The molecule has 0 spiro atoms. The average Bonchev–Trinajstić information content (AvgIpc) is 2.60. The zero-order valence-electron chi connectivity index (χ0n) is 13.8. The van der Waals surface area contributed by atoms with Crippen LogP contribution in [0.3, 0.4) is 0 Å². The lowest BCUT2D eigenvalue weighted by molar-refractivity contribution is 0.0905. The van der Waals surface area contributed by atoms with Crippen LogP contribution in [-0.4, -0.2) is 36.0 Å². The number of rotatable bonds is 5. The molecule has 0 radical (unpaired) electrons. The van der Waals surface area contributed by atoms with Crippen molar-refractivity contribution in [2.24, 2.45) is 4.99 Å². The monoisotopic (exact) mass is 339 g/mol. The van der Waals surface area contributed by atoms with Crippen molar-refractivity contribution in [1.29, 1.82) is 0 Å². The third-order valence-electron chi connectivity index (χ3n) is 4.20. The van der Waals surface area contributed by atoms with Crippen LogP contribution in [0.4, 0.5) is 4.39 Å². The Hall–Kier alpha value is -2.98. The number of carbonyl (C=O) groups excluding carboxylic acids is 1. The molecule has 1 N–H and O–H groups in total. The Balaban J connectivity index is 1.65. The quantitative estimate of drug-likeness (QED) is 0.852. The summed E-state index contributed by atoms with van der Waals surface area (Å²) in [5.74, 6) is 2.05. The SMILES string of the molecule is C=C=NC1CC(NC(=O)c2ccc(-c3ccc(OC)c(F)c3)cn2)C1. The number of carbonyl (C=O) groups is 1. The molecule has 0 bridgehead atoms. The van der Waals surface area contributed by atoms with Gasteiger partial charge in [-0.25, -0.2) is 9.38 Å². The largest absolute Gasteiger partial charge is 0.494 e. The lowest BCUT2D eigenvalue weighted by atomic mass is 9.87. The van der Waals surface area contributed by atoms with Gasteiger partial charge in [-0.15, -0.1) is 0 Å². The zero-order chi connectivity index (χ0) is 17.8. The number of hydrogen-bond donors (Lipinski definition) is 1. The van der Waals surface area contributed by atoms with Crippen molar-refractivity contribution in [3.63, 3.8) is 0 Å². The highest BCUT2D eigenvalue weighted by atomic mass is 19.1. The molecule has 2 aromatic rings. The summed E-state index contributed by atoms with van der Waals surface area (Å²) in [5.41, 5.74) is 1.72. The van der Waals surface area contributed by atoms with Gasteiger partial charge in [-0.05, 0) is 49.1 Å². The maximum atomic E-state index is 13.8. The van der Waals surface area contributed by atoms with E-state index in [4.69, 9.17) is 4.74 Å². The van der Waals surface area contributed by atoms with Crippen LogP contribution < -0.4 is 10.1 Å². The normalized spacial score (nSPS) is 18.6. The van der Waals surface area contributed by atoms with Gasteiger partial charge in [0.1, 0.15) is 5.69 Å². The zero-order valence-corrected chi connectivity index (χ0v) is 13.8. The molecule has 6 heteroatoms. The molecule has 1 aromatic heterocycles. The van der Waals surface area contributed by atoms with Crippen molar-refractivity contribution in [3.8, 4) is 16.9 Å². The number of aromatic nitrogens is 1. The fraction of sp³-hybridized carbons (Fsp3) is 0.263. The van der Waals surface area contributed by atoms with Crippen LogP contribution in [-0.2, 0) is 0 Å². The van der Waals surface area contributed by atoms with E-state index in [1.807, 2.05) is 0 Å². The Morgan fingerprint density at radius 2 is 2.12 bits per heavy atom. The van der Waals surface area contributed by atoms with E-state index < -0.39 is 5.82 Å². The van der Waals surface area contributed by atoms with E-state index in [2.05, 4.69) is 27.7 Å². The number of hydrogen-bond acceptors (Lipinski definition) is 4. The topological polar surface area (TPSA) is 63.6 Å². The van der Waals surface area contributed by atoms with Crippen molar-refractivity contribution in [1.82, 2.24) is 10.3 Å². The second-order valence-electron chi connectivity index (χ2n) is 5.86. The van der Waals surface area contributed by atoms with Crippen LogP contribution in [0.25, 0.3) is 11.1 Å². The highest BCUT2D eigenvalue weighted by Gasteiger charge is 2.30. The molecule has 1 fully saturated rings. The minimum Gasteiger partial charge on any atom is -0.494 e. The Kier molecular flexibility index (Phi) is 4.91. The summed E-state index contributed by atoms with van der Waals surface area (Å²) in [6.07, 6.45) is 3.14. The number of benzene rings is 1. The van der Waals surface area contributed by atoms with E-state index in [1.165, 1.54) is 13.2 Å². The summed E-state index contributed by atoms with van der Waals surface area (Å²) in [7, 11) is 1.42. The van der Waals surface area contributed by atoms with Crippen LogP contribution in [0.2, 0.25) is 0 Å². The number of amides is 1. The van der Waals surface area contributed by atoms with Gasteiger partial charge in [0, 0.05) is 17.8 Å². The maximum Gasteiger partial charge on any atom is 0.270 e. The highest BCUT2D eigenvalue weighted by molar-refractivity contribution is 5.92. The molecule has 5 nitrogen and oxygen atoms in total. The minimum atomic E-state index is -0.441. The van der Waals surface area contributed by atoms with Gasteiger partial charge in [0.2, 0.25) is 0 Å². The molecule has 1 aromatic carbocycles.